The molecule has 2 unspecified atom stereocenters. The number of aromatic carboxylic acids is 1. The highest BCUT2D eigenvalue weighted by Crippen LogP contribution is 2.30. The zero-order valence-corrected chi connectivity index (χ0v) is 22.0. The van der Waals surface area contributed by atoms with Gasteiger partial charge in [-0.25, -0.2) is 14.8 Å². The molecule has 2 atom stereocenters. The maximum atomic E-state index is 12.8. The highest BCUT2D eigenvalue weighted by atomic mass is 35.5. The van der Waals surface area contributed by atoms with Gasteiger partial charge in [-0.1, -0.05) is 36.8 Å². The Kier molecular flexibility index (Phi) is 10.0. The third-order valence-electron chi connectivity index (χ3n) is 5.60. The predicted molar refractivity (Wildman–Crippen MR) is 134 cm³/mol. The van der Waals surface area contributed by atoms with Crippen LogP contribution in [0.4, 0.5) is 5.13 Å². The number of nitrogens with zero attached hydrogens (tertiary/aromatic N) is 3. The van der Waals surface area contributed by atoms with Gasteiger partial charge in [0.05, 0.1) is 24.4 Å². The summed E-state index contributed by atoms with van der Waals surface area (Å²) in [5.41, 5.74) is 0.553. The number of aryl methyl sites for hydroxylation is 1. The van der Waals surface area contributed by atoms with Crippen LogP contribution in [0.15, 0.2) is 0 Å². The largest absolute Gasteiger partial charge is 0.477 e. The number of anilines is 1. The van der Waals surface area contributed by atoms with Crippen LogP contribution < -0.4 is 15.5 Å². The summed E-state index contributed by atoms with van der Waals surface area (Å²) in [5, 5.41) is 15.9. The third-order valence-corrected chi connectivity index (χ3v) is 7.01. The van der Waals surface area contributed by atoms with E-state index in [-0.39, 0.29) is 46.1 Å². The fraction of sp³-hybridized carbons (Fsp3) is 0.591. The molecule has 198 valence electrons. The monoisotopic (exact) mass is 542 g/mol. The van der Waals surface area contributed by atoms with Crippen molar-refractivity contribution in [3.8, 4) is 0 Å². The van der Waals surface area contributed by atoms with E-state index in [9.17, 15) is 19.5 Å². The number of hydrogen-bond donors (Lipinski definition) is 4. The number of rotatable bonds is 12. The molecule has 1 aliphatic heterocycles. The smallest absolute Gasteiger partial charge is 0.348 e. The second kappa shape index (κ2) is 13.0. The van der Waals surface area contributed by atoms with Crippen molar-refractivity contribution in [2.45, 2.75) is 45.3 Å². The first-order chi connectivity index (χ1) is 17.3. The van der Waals surface area contributed by atoms with Crippen LogP contribution in [-0.4, -0.2) is 89.9 Å². The average Bonchev–Trinajstić information content (AvgIpc) is 3.47. The molecule has 4 N–H and O–H groups in total. The van der Waals surface area contributed by atoms with Gasteiger partial charge in [0, 0.05) is 33.4 Å². The number of aromatic nitrogens is 3. The van der Waals surface area contributed by atoms with Gasteiger partial charge in [-0.05, 0) is 19.3 Å². The van der Waals surface area contributed by atoms with Crippen LogP contribution in [0, 0.1) is 0 Å². The first-order valence-electron chi connectivity index (χ1n) is 11.7. The molecule has 0 spiro atoms. The van der Waals surface area contributed by atoms with Gasteiger partial charge in [-0.3, -0.25) is 9.59 Å². The number of nitrogens with one attached hydrogen (secondary N) is 3. The molecule has 3 heterocycles. The molecule has 36 heavy (non-hydrogen) atoms. The van der Waals surface area contributed by atoms with E-state index in [0.29, 0.717) is 50.0 Å². The number of carboxylic acids is 1. The summed E-state index contributed by atoms with van der Waals surface area (Å²) < 4.78 is 11.0. The lowest BCUT2D eigenvalue weighted by atomic mass is 10.0. The Labute approximate surface area is 217 Å². The molecule has 2 aromatic heterocycles. The zero-order valence-electron chi connectivity index (χ0n) is 20.4. The second-order valence-corrected chi connectivity index (χ2v) is 9.50. The van der Waals surface area contributed by atoms with Crippen LogP contribution >= 0.6 is 22.9 Å². The molecule has 3 rings (SSSR count). The van der Waals surface area contributed by atoms with Crippen molar-refractivity contribution in [3.05, 3.63) is 27.2 Å². The second-order valence-electron chi connectivity index (χ2n) is 8.16. The van der Waals surface area contributed by atoms with Crippen LogP contribution in [0.3, 0.4) is 0 Å². The number of thiazole rings is 1. The Morgan fingerprint density at radius 2 is 2.03 bits per heavy atom. The number of imidazole rings is 1. The predicted octanol–water partition coefficient (Wildman–Crippen LogP) is 1.96. The number of halogens is 1. The minimum Gasteiger partial charge on any atom is -0.477 e. The van der Waals surface area contributed by atoms with Crippen molar-refractivity contribution < 1.29 is 29.0 Å². The first-order valence-corrected chi connectivity index (χ1v) is 12.9. The van der Waals surface area contributed by atoms with E-state index in [1.807, 2.05) is 18.7 Å². The van der Waals surface area contributed by atoms with Crippen LogP contribution in [0.1, 0.15) is 63.2 Å². The van der Waals surface area contributed by atoms with Crippen LogP contribution in [0.5, 0.6) is 0 Å². The molecule has 0 radical (unpaired) electrons. The molecule has 12 nitrogen and oxygen atoms in total. The van der Waals surface area contributed by atoms with E-state index in [4.69, 9.17) is 21.1 Å². The van der Waals surface area contributed by atoms with Crippen LogP contribution in [0.25, 0.3) is 0 Å². The van der Waals surface area contributed by atoms with Gasteiger partial charge >= 0.3 is 5.97 Å². The van der Waals surface area contributed by atoms with E-state index in [1.165, 1.54) is 7.11 Å². The summed E-state index contributed by atoms with van der Waals surface area (Å²) in [4.78, 5) is 50.2. The summed E-state index contributed by atoms with van der Waals surface area (Å²) in [5.74, 6) is -2.03. The van der Waals surface area contributed by atoms with E-state index in [1.54, 1.807) is 0 Å². The number of amides is 2. The van der Waals surface area contributed by atoms with E-state index in [2.05, 4.69) is 25.6 Å². The number of H-pyrrole nitrogens is 1. The number of ether oxygens (including phenoxy) is 2. The number of carboxylic acid groups (broad SMARTS) is 1. The van der Waals surface area contributed by atoms with E-state index >= 15 is 0 Å². The molecule has 1 fully saturated rings. The van der Waals surface area contributed by atoms with Gasteiger partial charge in [0.1, 0.15) is 4.88 Å². The molecule has 0 aliphatic carbocycles. The highest BCUT2D eigenvalue weighted by Gasteiger charge is 2.34. The van der Waals surface area contributed by atoms with Crippen molar-refractivity contribution in [2.75, 3.05) is 44.9 Å². The maximum Gasteiger partial charge on any atom is 0.348 e. The lowest BCUT2D eigenvalue weighted by molar-refractivity contribution is 0.0204. The lowest BCUT2D eigenvalue weighted by Crippen LogP contribution is -2.55. The number of piperidine rings is 1. The van der Waals surface area contributed by atoms with Gasteiger partial charge in [-0.15, -0.1) is 0 Å². The molecule has 1 saturated heterocycles. The summed E-state index contributed by atoms with van der Waals surface area (Å²) in [7, 11) is 1.51. The number of hydrogen-bond acceptors (Lipinski definition) is 9. The van der Waals surface area contributed by atoms with E-state index < -0.39 is 11.9 Å². The minimum absolute atomic E-state index is 0.136. The van der Waals surface area contributed by atoms with Crippen molar-refractivity contribution >= 4 is 45.9 Å². The quantitative estimate of drug-likeness (QED) is 0.294. The molecule has 14 heteroatoms. The van der Waals surface area contributed by atoms with Crippen LogP contribution in [-0.2, 0) is 15.9 Å². The molecular formula is C22H31ClN6O6S. The fourth-order valence-corrected chi connectivity index (χ4v) is 4.96. The highest BCUT2D eigenvalue weighted by molar-refractivity contribution is 7.17. The molecule has 0 bridgehead atoms. The summed E-state index contributed by atoms with van der Waals surface area (Å²) in [6.07, 6.45) is 1.55. The molecule has 2 aromatic rings. The zero-order chi connectivity index (χ0) is 26.2. The van der Waals surface area contributed by atoms with Gasteiger partial charge in [0.15, 0.2) is 21.8 Å². The molecule has 1 aliphatic rings. The fourth-order valence-electron chi connectivity index (χ4n) is 3.75. The maximum absolute atomic E-state index is 12.8. The number of methoxy groups -OCH3 is 1. The van der Waals surface area contributed by atoms with Gasteiger partial charge in [0.25, 0.3) is 11.8 Å². The minimum atomic E-state index is -1.22. The average molecular weight is 543 g/mol. The Morgan fingerprint density at radius 3 is 2.67 bits per heavy atom. The molecular weight excluding hydrogens is 512 g/mol. The van der Waals surface area contributed by atoms with Crippen molar-refractivity contribution in [2.24, 2.45) is 0 Å². The lowest BCUT2D eigenvalue weighted by Gasteiger charge is -2.38. The molecule has 0 aromatic carbocycles. The molecule has 2 amide bonds. The number of carbonyl (C=O) groups is 3. The van der Waals surface area contributed by atoms with Crippen molar-refractivity contribution in [1.82, 2.24) is 25.6 Å². The van der Waals surface area contributed by atoms with Gasteiger partial charge in [-0.2, -0.15) is 0 Å². The van der Waals surface area contributed by atoms with Crippen molar-refractivity contribution in [1.29, 1.82) is 0 Å². The topological polar surface area (TPSA) is 159 Å². The number of carbonyl (C=O) groups excluding carboxylic acids is 2. The Balaban J connectivity index is 1.74. The standard InChI is InChI=1S/C22H31ClN6O6S/c1-4-9-35-14-11-29(8-6-13(14)26-20(31)18-25-12(5-2)17(23)28-18)22-27-15(16(36-22)21(32)33)19(30)24-7-10-34-3/h13-14H,4-11H2,1-3H3,(H,24,30)(H,25,28)(H,26,31)(H,32,33). The Morgan fingerprint density at radius 1 is 1.25 bits per heavy atom. The third kappa shape index (κ3) is 6.72. The molecule has 0 saturated carbocycles. The van der Waals surface area contributed by atoms with E-state index in [0.717, 1.165) is 17.8 Å². The summed E-state index contributed by atoms with van der Waals surface area (Å²) in [6.45, 7) is 5.76. The van der Waals surface area contributed by atoms with Crippen LogP contribution in [0.2, 0.25) is 5.15 Å². The summed E-state index contributed by atoms with van der Waals surface area (Å²) in [6, 6.07) is -0.301. The first kappa shape index (κ1) is 27.8. The van der Waals surface area contributed by atoms with Gasteiger partial charge < -0.3 is 35.1 Å². The van der Waals surface area contributed by atoms with Gasteiger partial charge in [0.2, 0.25) is 0 Å². The Hall–Kier alpha value is -2.74. The normalized spacial score (nSPS) is 17.7. The Bertz CT molecular complexity index is 1080. The summed E-state index contributed by atoms with van der Waals surface area (Å²) >= 11 is 7.01. The number of aromatic amines is 1. The SMILES string of the molecule is CCCOC1CN(c2nc(C(=O)NCCOC)c(C(=O)O)s2)CCC1NC(=O)c1nc(Cl)c(CC)[nH]1. The van der Waals surface area contributed by atoms with Crippen molar-refractivity contribution in [3.63, 3.8) is 0 Å².